The predicted molar refractivity (Wildman–Crippen MR) is 76.2 cm³/mol. The van der Waals surface area contributed by atoms with Gasteiger partial charge in [-0.2, -0.15) is 5.10 Å². The molecular formula is C12H23BrN4O. The normalized spacial score (nSPS) is 14.8. The van der Waals surface area contributed by atoms with E-state index < -0.39 is 0 Å². The molecule has 1 aromatic rings. The summed E-state index contributed by atoms with van der Waals surface area (Å²) in [5.74, 6) is 5.66. The number of methoxy groups -OCH3 is 1. The molecule has 1 aromatic heterocycles. The lowest BCUT2D eigenvalue weighted by atomic mass is 10.0. The van der Waals surface area contributed by atoms with Gasteiger partial charge in [-0.25, -0.2) is 0 Å². The zero-order chi connectivity index (χ0) is 13.7. The van der Waals surface area contributed by atoms with Crippen LogP contribution in [0.4, 0.5) is 0 Å². The summed E-state index contributed by atoms with van der Waals surface area (Å²) in [6, 6.07) is 0.0843. The summed E-state index contributed by atoms with van der Waals surface area (Å²) in [5, 5.41) is 4.39. The number of ether oxygens (including phenoxy) is 1. The van der Waals surface area contributed by atoms with Crippen LogP contribution in [0.3, 0.4) is 0 Å². The van der Waals surface area contributed by atoms with Gasteiger partial charge >= 0.3 is 0 Å². The lowest BCUT2D eigenvalue weighted by molar-refractivity contribution is 0.0603. The molecule has 3 N–H and O–H groups in total. The highest BCUT2D eigenvalue weighted by molar-refractivity contribution is 9.10. The van der Waals surface area contributed by atoms with Gasteiger partial charge < -0.3 is 4.74 Å². The quantitative estimate of drug-likeness (QED) is 0.593. The minimum atomic E-state index is 0.0843. The number of halogens is 1. The van der Waals surface area contributed by atoms with Crippen LogP contribution in [0.25, 0.3) is 0 Å². The smallest absolute Gasteiger partial charge is 0.0741 e. The Labute approximate surface area is 117 Å². The minimum absolute atomic E-state index is 0.0843. The molecule has 1 heterocycles. The Hall–Kier alpha value is -0.430. The van der Waals surface area contributed by atoms with E-state index in [1.54, 1.807) is 7.11 Å². The fraction of sp³-hybridized carbons (Fsp3) is 0.750. The number of aromatic nitrogens is 2. The summed E-state index contributed by atoms with van der Waals surface area (Å²) >= 11 is 3.58. The molecule has 18 heavy (non-hydrogen) atoms. The van der Waals surface area contributed by atoms with E-state index >= 15 is 0 Å². The summed E-state index contributed by atoms with van der Waals surface area (Å²) in [4.78, 5) is 0. The Morgan fingerprint density at radius 3 is 2.61 bits per heavy atom. The van der Waals surface area contributed by atoms with Crippen molar-refractivity contribution in [3.05, 3.63) is 15.9 Å². The second-order valence-corrected chi connectivity index (χ2v) is 5.30. The van der Waals surface area contributed by atoms with Gasteiger partial charge in [-0.15, -0.1) is 0 Å². The van der Waals surface area contributed by atoms with E-state index in [9.17, 15) is 0 Å². The first kappa shape index (κ1) is 15.6. The number of nitrogens with one attached hydrogen (secondary N) is 1. The van der Waals surface area contributed by atoms with Crippen molar-refractivity contribution in [2.24, 2.45) is 12.9 Å². The van der Waals surface area contributed by atoms with Gasteiger partial charge in [0, 0.05) is 20.6 Å². The Balaban J connectivity index is 2.84. The topological polar surface area (TPSA) is 65.1 Å². The van der Waals surface area contributed by atoms with Crippen molar-refractivity contribution in [2.75, 3.05) is 7.11 Å². The highest BCUT2D eigenvalue weighted by Gasteiger charge is 2.23. The fourth-order valence-electron chi connectivity index (χ4n) is 2.18. The number of nitrogens with two attached hydrogens (primary N) is 1. The molecule has 0 aliphatic heterocycles. The van der Waals surface area contributed by atoms with Crippen LogP contribution >= 0.6 is 15.9 Å². The molecule has 104 valence electrons. The van der Waals surface area contributed by atoms with E-state index in [1.165, 1.54) is 0 Å². The number of hydrogen-bond donors (Lipinski definition) is 2. The number of hydrazine groups is 1. The zero-order valence-corrected chi connectivity index (χ0v) is 13.1. The first-order valence-electron chi connectivity index (χ1n) is 6.22. The molecule has 5 nitrogen and oxygen atoms in total. The first-order chi connectivity index (χ1) is 8.54. The van der Waals surface area contributed by atoms with Gasteiger partial charge in [-0.3, -0.25) is 16.0 Å². The van der Waals surface area contributed by atoms with Crippen LogP contribution in [0.1, 0.15) is 31.2 Å². The molecule has 0 aliphatic rings. The van der Waals surface area contributed by atoms with Crippen LogP contribution in [-0.4, -0.2) is 29.0 Å². The molecule has 0 fully saturated rings. The first-order valence-corrected chi connectivity index (χ1v) is 7.01. The predicted octanol–water partition coefficient (Wildman–Crippen LogP) is 1.68. The zero-order valence-electron chi connectivity index (χ0n) is 11.5. The van der Waals surface area contributed by atoms with Crippen LogP contribution in [0.15, 0.2) is 4.47 Å². The van der Waals surface area contributed by atoms with E-state index in [2.05, 4.69) is 33.4 Å². The highest BCUT2D eigenvalue weighted by Crippen LogP contribution is 2.23. The van der Waals surface area contributed by atoms with Crippen LogP contribution in [0, 0.1) is 6.92 Å². The van der Waals surface area contributed by atoms with Crippen molar-refractivity contribution in [1.82, 2.24) is 15.2 Å². The monoisotopic (exact) mass is 318 g/mol. The lowest BCUT2D eigenvalue weighted by Crippen LogP contribution is -2.46. The van der Waals surface area contributed by atoms with Gasteiger partial charge in [0.25, 0.3) is 0 Å². The van der Waals surface area contributed by atoms with E-state index in [4.69, 9.17) is 10.6 Å². The third kappa shape index (κ3) is 3.54. The summed E-state index contributed by atoms with van der Waals surface area (Å²) < 4.78 is 8.46. The molecule has 2 unspecified atom stereocenters. The Kier molecular flexibility index (Phi) is 6.28. The third-order valence-electron chi connectivity index (χ3n) is 3.21. The van der Waals surface area contributed by atoms with Crippen molar-refractivity contribution < 1.29 is 4.74 Å². The van der Waals surface area contributed by atoms with Gasteiger partial charge in [-0.05, 0) is 29.3 Å². The van der Waals surface area contributed by atoms with E-state index in [1.807, 2.05) is 18.7 Å². The van der Waals surface area contributed by atoms with Gasteiger partial charge in [0.2, 0.25) is 0 Å². The maximum atomic E-state index is 5.66. The van der Waals surface area contributed by atoms with Gasteiger partial charge in [0.1, 0.15) is 0 Å². The number of rotatable bonds is 7. The average Bonchev–Trinajstić information content (AvgIpc) is 2.59. The van der Waals surface area contributed by atoms with Crippen molar-refractivity contribution in [3.63, 3.8) is 0 Å². The van der Waals surface area contributed by atoms with Crippen molar-refractivity contribution >= 4 is 15.9 Å². The standard InChI is InChI=1S/C12H23BrN4O/c1-5-6-11(18-4)9(15-14)7-10-12(13)8(2)16-17(10)3/h9,11,15H,5-7,14H2,1-4H3. The van der Waals surface area contributed by atoms with E-state index in [0.29, 0.717) is 0 Å². The summed E-state index contributed by atoms with van der Waals surface area (Å²) in [7, 11) is 3.68. The second kappa shape index (κ2) is 7.23. The molecule has 0 bridgehead atoms. The molecular weight excluding hydrogens is 296 g/mol. The molecule has 0 saturated heterocycles. The molecule has 6 heteroatoms. The number of aryl methyl sites for hydroxylation is 2. The molecule has 0 saturated carbocycles. The molecule has 1 rings (SSSR count). The summed E-state index contributed by atoms with van der Waals surface area (Å²) in [6.07, 6.45) is 2.96. The second-order valence-electron chi connectivity index (χ2n) is 4.51. The Morgan fingerprint density at radius 1 is 1.56 bits per heavy atom. The highest BCUT2D eigenvalue weighted by atomic mass is 79.9. The van der Waals surface area contributed by atoms with Gasteiger partial charge in [0.15, 0.2) is 0 Å². The average molecular weight is 319 g/mol. The number of hydrogen-bond acceptors (Lipinski definition) is 4. The maximum absolute atomic E-state index is 5.66. The Morgan fingerprint density at radius 2 is 2.22 bits per heavy atom. The summed E-state index contributed by atoms with van der Waals surface area (Å²) in [6.45, 7) is 4.13. The van der Waals surface area contributed by atoms with Crippen LogP contribution in [0.5, 0.6) is 0 Å². The molecule has 2 atom stereocenters. The van der Waals surface area contributed by atoms with Crippen LogP contribution in [-0.2, 0) is 18.2 Å². The molecule has 0 aromatic carbocycles. The van der Waals surface area contributed by atoms with Crippen LogP contribution in [0.2, 0.25) is 0 Å². The lowest BCUT2D eigenvalue weighted by Gasteiger charge is -2.25. The van der Waals surface area contributed by atoms with E-state index in [-0.39, 0.29) is 12.1 Å². The molecule has 0 amide bonds. The largest absolute Gasteiger partial charge is 0.380 e. The SMILES string of the molecule is CCCC(OC)C(Cc1c(Br)c(C)nn1C)NN. The van der Waals surface area contributed by atoms with Crippen molar-refractivity contribution in [2.45, 2.75) is 45.3 Å². The molecule has 0 aliphatic carbocycles. The van der Waals surface area contributed by atoms with Gasteiger partial charge in [-0.1, -0.05) is 13.3 Å². The third-order valence-corrected chi connectivity index (χ3v) is 4.25. The summed E-state index contributed by atoms with van der Waals surface area (Å²) in [5.41, 5.74) is 4.99. The fourth-order valence-corrected chi connectivity index (χ4v) is 2.67. The minimum Gasteiger partial charge on any atom is -0.380 e. The van der Waals surface area contributed by atoms with Crippen molar-refractivity contribution in [1.29, 1.82) is 0 Å². The number of nitrogens with zero attached hydrogens (tertiary/aromatic N) is 2. The van der Waals surface area contributed by atoms with E-state index in [0.717, 1.165) is 35.1 Å². The van der Waals surface area contributed by atoms with Gasteiger partial charge in [0.05, 0.1) is 28.0 Å². The molecule has 0 spiro atoms. The van der Waals surface area contributed by atoms with Crippen LogP contribution < -0.4 is 11.3 Å². The van der Waals surface area contributed by atoms with Crippen molar-refractivity contribution in [3.8, 4) is 0 Å². The molecule has 0 radical (unpaired) electrons. The maximum Gasteiger partial charge on any atom is 0.0741 e. The Bertz CT molecular complexity index is 380.